The number of hydrogen-bond donors (Lipinski definition) is 0. The first kappa shape index (κ1) is 18.7. The second-order valence-corrected chi connectivity index (χ2v) is 8.88. The molecule has 0 aliphatic carbocycles. The molecule has 1 unspecified atom stereocenters. The van der Waals surface area contributed by atoms with Crippen molar-refractivity contribution in [3.8, 4) is 0 Å². The Kier molecular flexibility index (Phi) is 7.84. The van der Waals surface area contributed by atoms with Gasteiger partial charge in [-0.2, -0.15) is 0 Å². The van der Waals surface area contributed by atoms with E-state index in [1.54, 1.807) is 0 Å². The zero-order chi connectivity index (χ0) is 16.7. The van der Waals surface area contributed by atoms with Crippen LogP contribution in [0.1, 0.15) is 67.0 Å². The van der Waals surface area contributed by atoms with E-state index in [0.717, 1.165) is 31.4 Å². The highest BCUT2D eigenvalue weighted by molar-refractivity contribution is 8.16. The van der Waals surface area contributed by atoms with Gasteiger partial charge in [0.15, 0.2) is 0 Å². The lowest BCUT2D eigenvalue weighted by Gasteiger charge is -2.29. The van der Waals surface area contributed by atoms with Crippen molar-refractivity contribution >= 4 is 29.4 Å². The first-order chi connectivity index (χ1) is 11.2. The fourth-order valence-electron chi connectivity index (χ4n) is 2.70. The summed E-state index contributed by atoms with van der Waals surface area (Å²) in [5.41, 5.74) is 2.18. The van der Waals surface area contributed by atoms with Gasteiger partial charge in [-0.3, -0.25) is 4.79 Å². The van der Waals surface area contributed by atoms with Crippen LogP contribution in [0.25, 0.3) is 0 Å². The summed E-state index contributed by atoms with van der Waals surface area (Å²) in [4.78, 5) is 14.9. The monoisotopic (exact) mass is 351 g/mol. The normalized spacial score (nSPS) is 17.0. The summed E-state index contributed by atoms with van der Waals surface area (Å²) >= 11 is 4.05. The molecule has 23 heavy (non-hydrogen) atoms. The number of amides is 1. The summed E-state index contributed by atoms with van der Waals surface area (Å²) in [5.74, 6) is 2.68. The summed E-state index contributed by atoms with van der Waals surface area (Å²) in [6, 6.07) is 8.65. The molecule has 1 aromatic rings. The number of benzene rings is 1. The zero-order valence-electron chi connectivity index (χ0n) is 14.6. The van der Waals surface area contributed by atoms with Crippen LogP contribution in [0.3, 0.4) is 0 Å². The van der Waals surface area contributed by atoms with Crippen LogP contribution in [0.2, 0.25) is 0 Å². The summed E-state index contributed by atoms with van der Waals surface area (Å²) in [7, 11) is 0. The number of unbranched alkanes of at least 4 members (excludes halogenated alkanes) is 1. The molecule has 128 valence electrons. The van der Waals surface area contributed by atoms with Crippen molar-refractivity contribution in [3.63, 3.8) is 0 Å². The summed E-state index contributed by atoms with van der Waals surface area (Å²) in [6.45, 7) is 7.34. The third-order valence-electron chi connectivity index (χ3n) is 4.39. The van der Waals surface area contributed by atoms with Crippen LogP contribution in [-0.4, -0.2) is 34.9 Å². The van der Waals surface area contributed by atoms with Crippen molar-refractivity contribution in [1.29, 1.82) is 0 Å². The predicted octanol–water partition coefficient (Wildman–Crippen LogP) is 5.60. The Morgan fingerprint density at radius 3 is 2.43 bits per heavy atom. The van der Waals surface area contributed by atoms with Gasteiger partial charge in [0.05, 0.1) is 4.58 Å². The van der Waals surface area contributed by atoms with Crippen molar-refractivity contribution < 1.29 is 4.79 Å². The Morgan fingerprint density at radius 2 is 1.87 bits per heavy atom. The van der Waals surface area contributed by atoms with Crippen molar-refractivity contribution in [3.05, 3.63) is 35.4 Å². The molecular weight excluding hydrogens is 322 g/mol. The van der Waals surface area contributed by atoms with Gasteiger partial charge >= 0.3 is 0 Å². The molecule has 2 nitrogen and oxygen atoms in total. The van der Waals surface area contributed by atoms with E-state index in [0.29, 0.717) is 10.6 Å². The number of thioether (sulfide) groups is 2. The topological polar surface area (TPSA) is 20.3 Å². The maximum absolute atomic E-state index is 12.9. The molecule has 1 amide bonds. The summed E-state index contributed by atoms with van der Waals surface area (Å²) in [5, 5.41) is 0. The minimum atomic E-state index is 0.184. The van der Waals surface area contributed by atoms with Crippen LogP contribution in [-0.2, 0) is 0 Å². The molecule has 1 atom stereocenters. The van der Waals surface area contributed by atoms with E-state index >= 15 is 0 Å². The molecular formula is C19H29NOS2. The minimum absolute atomic E-state index is 0.184. The Hall–Kier alpha value is -0.610. The lowest BCUT2D eigenvalue weighted by atomic mass is 10.1. The molecule has 1 aliphatic heterocycles. The number of nitrogens with zero attached hydrogens (tertiary/aromatic N) is 1. The van der Waals surface area contributed by atoms with Gasteiger partial charge < -0.3 is 4.90 Å². The third kappa shape index (κ3) is 5.18. The van der Waals surface area contributed by atoms with Crippen LogP contribution in [0.15, 0.2) is 24.3 Å². The van der Waals surface area contributed by atoms with Gasteiger partial charge in [-0.1, -0.05) is 32.4 Å². The third-order valence-corrected chi connectivity index (χ3v) is 7.41. The SMILES string of the molecule is CCCCN(C(=O)c1ccc(C2SCCCS2)cc1)C(C)CC. The standard InChI is InChI=1S/C19H29NOS2/c1-4-6-12-20(15(3)5-2)18(21)16-8-10-17(11-9-16)19-22-13-7-14-23-19/h8-11,15,19H,4-7,12-14H2,1-3H3. The molecule has 4 heteroatoms. The van der Waals surface area contributed by atoms with Gasteiger partial charge in [0.1, 0.15) is 0 Å². The largest absolute Gasteiger partial charge is 0.336 e. The molecule has 0 radical (unpaired) electrons. The predicted molar refractivity (Wildman–Crippen MR) is 104 cm³/mol. The number of rotatable bonds is 7. The van der Waals surface area contributed by atoms with E-state index in [1.165, 1.54) is 23.5 Å². The van der Waals surface area contributed by atoms with Gasteiger partial charge in [0, 0.05) is 18.2 Å². The molecule has 1 aromatic carbocycles. The Labute approximate surface area is 149 Å². The van der Waals surface area contributed by atoms with Crippen LogP contribution >= 0.6 is 23.5 Å². The number of carbonyl (C=O) groups excluding carboxylic acids is 1. The molecule has 1 aliphatic rings. The Balaban J connectivity index is 2.07. The van der Waals surface area contributed by atoms with Crippen LogP contribution in [0.5, 0.6) is 0 Å². The van der Waals surface area contributed by atoms with Crippen LogP contribution in [0, 0.1) is 0 Å². The highest BCUT2D eigenvalue weighted by Gasteiger charge is 2.21. The molecule has 1 fully saturated rings. The van der Waals surface area contributed by atoms with Crippen molar-refractivity contribution in [2.45, 2.75) is 57.1 Å². The maximum Gasteiger partial charge on any atom is 0.254 e. The highest BCUT2D eigenvalue weighted by Crippen LogP contribution is 2.43. The molecule has 0 saturated carbocycles. The number of carbonyl (C=O) groups is 1. The van der Waals surface area contributed by atoms with Gasteiger partial charge in [-0.15, -0.1) is 23.5 Å². The first-order valence-corrected chi connectivity index (χ1v) is 10.9. The lowest BCUT2D eigenvalue weighted by Crippen LogP contribution is -2.39. The molecule has 1 heterocycles. The maximum atomic E-state index is 12.9. The van der Waals surface area contributed by atoms with Gasteiger partial charge in [-0.25, -0.2) is 0 Å². The van der Waals surface area contributed by atoms with E-state index in [1.807, 2.05) is 40.6 Å². The lowest BCUT2D eigenvalue weighted by molar-refractivity contribution is 0.0685. The average Bonchev–Trinajstić information content (AvgIpc) is 2.62. The second kappa shape index (κ2) is 9.63. The van der Waals surface area contributed by atoms with Crippen molar-refractivity contribution in [2.24, 2.45) is 0 Å². The smallest absolute Gasteiger partial charge is 0.254 e. The van der Waals surface area contributed by atoms with E-state index < -0.39 is 0 Å². The summed E-state index contributed by atoms with van der Waals surface area (Å²) < 4.78 is 0.540. The summed E-state index contributed by atoms with van der Waals surface area (Å²) in [6.07, 6.45) is 4.51. The van der Waals surface area contributed by atoms with Gasteiger partial charge in [-0.05, 0) is 55.4 Å². The van der Waals surface area contributed by atoms with E-state index in [9.17, 15) is 4.79 Å². The van der Waals surface area contributed by atoms with Crippen LogP contribution in [0.4, 0.5) is 0 Å². The van der Waals surface area contributed by atoms with E-state index in [2.05, 4.69) is 32.9 Å². The molecule has 2 rings (SSSR count). The quantitative estimate of drug-likeness (QED) is 0.638. The van der Waals surface area contributed by atoms with Crippen LogP contribution < -0.4 is 0 Å². The van der Waals surface area contributed by atoms with Gasteiger partial charge in [0.2, 0.25) is 0 Å². The first-order valence-electron chi connectivity index (χ1n) is 8.81. The zero-order valence-corrected chi connectivity index (χ0v) is 16.2. The Bertz CT molecular complexity index is 483. The van der Waals surface area contributed by atoms with Crippen molar-refractivity contribution in [2.75, 3.05) is 18.1 Å². The number of hydrogen-bond acceptors (Lipinski definition) is 3. The molecule has 0 spiro atoms. The fraction of sp³-hybridized carbons (Fsp3) is 0.632. The molecule has 1 saturated heterocycles. The van der Waals surface area contributed by atoms with E-state index in [4.69, 9.17) is 0 Å². The second-order valence-electron chi connectivity index (χ2n) is 6.16. The fourth-order valence-corrected chi connectivity index (χ4v) is 5.59. The molecule has 0 aromatic heterocycles. The minimum Gasteiger partial charge on any atom is -0.336 e. The van der Waals surface area contributed by atoms with E-state index in [-0.39, 0.29) is 5.91 Å². The van der Waals surface area contributed by atoms with Crippen molar-refractivity contribution in [1.82, 2.24) is 4.90 Å². The Morgan fingerprint density at radius 1 is 1.22 bits per heavy atom. The van der Waals surface area contributed by atoms with Gasteiger partial charge in [0.25, 0.3) is 5.91 Å². The molecule has 0 bridgehead atoms. The average molecular weight is 352 g/mol. The highest BCUT2D eigenvalue weighted by atomic mass is 32.2. The molecule has 0 N–H and O–H groups in total.